The molecule has 136 valence electrons. The van der Waals surface area contributed by atoms with Gasteiger partial charge in [0.1, 0.15) is 5.82 Å². The second kappa shape index (κ2) is 7.69. The first-order valence-electron chi connectivity index (χ1n) is 8.27. The number of nitrogens with one attached hydrogen (secondary N) is 1. The fourth-order valence-electron chi connectivity index (χ4n) is 2.69. The normalized spacial score (nSPS) is 12.6. The molecule has 0 aliphatic heterocycles. The monoisotopic (exact) mass is 425 g/mol. The zero-order chi connectivity index (χ0) is 18.8. The van der Waals surface area contributed by atoms with Gasteiger partial charge < -0.3 is 4.57 Å². The lowest BCUT2D eigenvalue weighted by atomic mass is 9.90. The quantitative estimate of drug-likeness (QED) is 0.575. The first kappa shape index (κ1) is 20.3. The highest BCUT2D eigenvalue weighted by atomic mass is 79.9. The molecule has 0 saturated carbocycles. The van der Waals surface area contributed by atoms with Crippen molar-refractivity contribution in [3.05, 3.63) is 34.2 Å². The summed E-state index contributed by atoms with van der Waals surface area (Å²) >= 11 is 4.96. The van der Waals surface area contributed by atoms with Crippen LogP contribution in [0.3, 0.4) is 0 Å². The Morgan fingerprint density at radius 3 is 2.56 bits per heavy atom. The Bertz CT molecular complexity index is 800. The number of aromatic nitrogens is 1. The molecule has 3 nitrogen and oxygen atoms in total. The molecule has 1 aromatic carbocycles. The molecule has 6 heteroatoms. The van der Waals surface area contributed by atoms with Crippen LogP contribution in [-0.2, 0) is 13.1 Å². The van der Waals surface area contributed by atoms with Gasteiger partial charge in [-0.1, -0.05) is 25.8 Å². The van der Waals surface area contributed by atoms with E-state index < -0.39 is 0 Å². The van der Waals surface area contributed by atoms with Crippen LogP contribution < -0.4 is 4.72 Å². The van der Waals surface area contributed by atoms with E-state index in [0.717, 1.165) is 16.5 Å². The van der Waals surface area contributed by atoms with Gasteiger partial charge in [0.05, 0.1) is 10.5 Å². The zero-order valence-electron chi connectivity index (χ0n) is 15.4. The molecule has 0 bridgehead atoms. The predicted molar refractivity (Wildman–Crippen MR) is 108 cm³/mol. The first-order chi connectivity index (χ1) is 11.5. The lowest BCUT2D eigenvalue weighted by Gasteiger charge is -2.22. The van der Waals surface area contributed by atoms with Crippen molar-refractivity contribution in [2.75, 3.05) is 0 Å². The molecule has 0 saturated heterocycles. The molecule has 0 aliphatic carbocycles. The maximum Gasteiger partial charge on any atom is 0.138 e. The molecule has 1 aromatic heterocycles. The molecule has 0 radical (unpaired) electrons. The van der Waals surface area contributed by atoms with E-state index >= 15 is 0 Å². The standard InChI is InChI=1S/C19H25BrFN3S/c1-18(2,3)25-23-10-13-11-24(12-19(4,5)6-7-22)17-9-15(20)16(21)8-14(13)17/h8-9,11,23H,6,10,12H2,1-5H3. The number of fused-ring (bicyclic) bond motifs is 1. The van der Waals surface area contributed by atoms with Gasteiger partial charge in [-0.3, -0.25) is 4.72 Å². The van der Waals surface area contributed by atoms with Crippen molar-refractivity contribution < 1.29 is 4.39 Å². The molecule has 2 aromatic rings. The number of nitriles is 1. The Labute approximate surface area is 162 Å². The van der Waals surface area contributed by atoms with Crippen molar-refractivity contribution in [2.24, 2.45) is 5.41 Å². The van der Waals surface area contributed by atoms with Gasteiger partial charge in [-0.25, -0.2) is 4.39 Å². The third-order valence-corrected chi connectivity index (χ3v) is 5.31. The van der Waals surface area contributed by atoms with Gasteiger partial charge in [0, 0.05) is 41.4 Å². The van der Waals surface area contributed by atoms with Crippen LogP contribution in [-0.4, -0.2) is 9.31 Å². The molecule has 2 rings (SSSR count). The van der Waals surface area contributed by atoms with Crippen molar-refractivity contribution in [1.82, 2.24) is 9.29 Å². The number of halogens is 2. The van der Waals surface area contributed by atoms with E-state index in [0.29, 0.717) is 24.0 Å². The summed E-state index contributed by atoms with van der Waals surface area (Å²) in [5.74, 6) is -0.258. The summed E-state index contributed by atoms with van der Waals surface area (Å²) in [5, 5.41) is 9.95. The van der Waals surface area contributed by atoms with Gasteiger partial charge in [-0.15, -0.1) is 0 Å². The average Bonchev–Trinajstić information content (AvgIpc) is 2.75. The van der Waals surface area contributed by atoms with E-state index in [2.05, 4.69) is 72.1 Å². The smallest absolute Gasteiger partial charge is 0.138 e. The van der Waals surface area contributed by atoms with Crippen LogP contribution in [0.1, 0.15) is 46.6 Å². The Kier molecular flexibility index (Phi) is 6.24. The van der Waals surface area contributed by atoms with E-state index in [4.69, 9.17) is 5.26 Å². The molecule has 0 fully saturated rings. The van der Waals surface area contributed by atoms with Crippen molar-refractivity contribution in [3.63, 3.8) is 0 Å². The predicted octanol–water partition coefficient (Wildman–Crippen LogP) is 6.02. The molecule has 0 unspecified atom stereocenters. The average molecular weight is 426 g/mol. The number of benzene rings is 1. The number of rotatable bonds is 6. The van der Waals surface area contributed by atoms with Crippen molar-refractivity contribution >= 4 is 38.8 Å². The SMILES string of the molecule is CC(C)(CC#N)Cn1cc(CNSC(C)(C)C)c2cc(F)c(Br)cc21. The fourth-order valence-corrected chi connectivity index (χ4v) is 3.68. The van der Waals surface area contributed by atoms with Crippen LogP contribution in [0.5, 0.6) is 0 Å². The molecule has 0 amide bonds. The number of hydrogen-bond donors (Lipinski definition) is 1. The number of nitrogens with zero attached hydrogens (tertiary/aromatic N) is 2. The lowest BCUT2D eigenvalue weighted by Crippen LogP contribution is -2.18. The minimum Gasteiger partial charge on any atom is -0.347 e. The summed E-state index contributed by atoms with van der Waals surface area (Å²) in [6.07, 6.45) is 2.55. The Morgan fingerprint density at radius 2 is 1.96 bits per heavy atom. The molecular weight excluding hydrogens is 401 g/mol. The number of hydrogen-bond acceptors (Lipinski definition) is 3. The van der Waals surface area contributed by atoms with E-state index in [-0.39, 0.29) is 16.0 Å². The molecule has 0 spiro atoms. The van der Waals surface area contributed by atoms with Crippen LogP contribution in [0, 0.1) is 22.6 Å². The fraction of sp³-hybridized carbons (Fsp3) is 0.526. The molecule has 1 N–H and O–H groups in total. The minimum atomic E-state index is -0.258. The van der Waals surface area contributed by atoms with Crippen molar-refractivity contribution in [2.45, 2.75) is 58.9 Å². The Hall–Kier alpha value is -1.03. The lowest BCUT2D eigenvalue weighted by molar-refractivity contribution is 0.318. The maximum atomic E-state index is 14.1. The van der Waals surface area contributed by atoms with Crippen molar-refractivity contribution in [3.8, 4) is 6.07 Å². The highest BCUT2D eigenvalue weighted by Crippen LogP contribution is 2.32. The van der Waals surface area contributed by atoms with Crippen LogP contribution in [0.4, 0.5) is 4.39 Å². The topological polar surface area (TPSA) is 40.8 Å². The van der Waals surface area contributed by atoms with Crippen LogP contribution in [0.15, 0.2) is 22.8 Å². The summed E-state index contributed by atoms with van der Waals surface area (Å²) in [6, 6.07) is 5.67. The molecule has 25 heavy (non-hydrogen) atoms. The van der Waals surface area contributed by atoms with E-state index in [1.807, 2.05) is 6.07 Å². The van der Waals surface area contributed by atoms with Gasteiger partial charge in [-0.2, -0.15) is 5.26 Å². The van der Waals surface area contributed by atoms with E-state index in [1.54, 1.807) is 18.0 Å². The second-order valence-electron chi connectivity index (χ2n) is 8.10. The molecule has 0 atom stereocenters. The highest BCUT2D eigenvalue weighted by molar-refractivity contribution is 9.10. The maximum absolute atomic E-state index is 14.1. The highest BCUT2D eigenvalue weighted by Gasteiger charge is 2.21. The van der Waals surface area contributed by atoms with Gasteiger partial charge in [-0.05, 0) is 59.8 Å². The zero-order valence-corrected chi connectivity index (χ0v) is 17.8. The van der Waals surface area contributed by atoms with E-state index in [1.165, 1.54) is 0 Å². The van der Waals surface area contributed by atoms with Gasteiger partial charge >= 0.3 is 0 Å². The van der Waals surface area contributed by atoms with Crippen LogP contribution >= 0.6 is 27.9 Å². The first-order valence-corrected chi connectivity index (χ1v) is 9.88. The minimum absolute atomic E-state index is 0.113. The Morgan fingerprint density at radius 1 is 1.28 bits per heavy atom. The van der Waals surface area contributed by atoms with Gasteiger partial charge in [0.15, 0.2) is 0 Å². The van der Waals surface area contributed by atoms with Gasteiger partial charge in [0.25, 0.3) is 0 Å². The third-order valence-electron chi connectivity index (χ3n) is 3.80. The molecular formula is C19H25BrFN3S. The summed E-state index contributed by atoms with van der Waals surface area (Å²) < 4.78 is 20.2. The summed E-state index contributed by atoms with van der Waals surface area (Å²) in [7, 11) is 0. The summed E-state index contributed by atoms with van der Waals surface area (Å²) in [5.41, 5.74) is 1.90. The van der Waals surface area contributed by atoms with Crippen molar-refractivity contribution in [1.29, 1.82) is 5.26 Å². The summed E-state index contributed by atoms with van der Waals surface area (Å²) in [6.45, 7) is 12.0. The van der Waals surface area contributed by atoms with E-state index in [9.17, 15) is 4.39 Å². The molecule has 1 heterocycles. The van der Waals surface area contributed by atoms with Gasteiger partial charge in [0.2, 0.25) is 0 Å². The largest absolute Gasteiger partial charge is 0.347 e. The molecule has 0 aliphatic rings. The third kappa shape index (κ3) is 5.47. The summed E-state index contributed by atoms with van der Waals surface area (Å²) in [4.78, 5) is 0. The second-order valence-corrected chi connectivity index (χ2v) is 10.7. The Balaban J connectivity index is 2.38. The van der Waals surface area contributed by atoms with Crippen LogP contribution in [0.2, 0.25) is 0 Å². The van der Waals surface area contributed by atoms with Crippen LogP contribution in [0.25, 0.3) is 10.9 Å².